The number of hydrogen-bond donors (Lipinski definition) is 1. The molecular weight excluding hydrogens is 432 g/mol. The molecule has 3 nitrogen and oxygen atoms in total. The van der Waals surface area contributed by atoms with Crippen LogP contribution in [0.4, 0.5) is 0 Å². The van der Waals surface area contributed by atoms with Gasteiger partial charge in [0.05, 0.1) is 19.3 Å². The molecule has 190 valence electrons. The lowest BCUT2D eigenvalue weighted by Crippen LogP contribution is -2.52. The van der Waals surface area contributed by atoms with E-state index in [2.05, 4.69) is 64.1 Å². The maximum absolute atomic E-state index is 11.1. The minimum Gasteiger partial charge on any atom is -0.393 e. The van der Waals surface area contributed by atoms with E-state index in [0.717, 1.165) is 45.3 Å². The Bertz CT molecular complexity index is 1010. The van der Waals surface area contributed by atoms with Gasteiger partial charge in [0.2, 0.25) is 0 Å². The van der Waals surface area contributed by atoms with Crippen molar-refractivity contribution in [2.45, 2.75) is 96.9 Å². The lowest BCUT2D eigenvalue weighted by atomic mass is 9.52. The number of hydrogen-bond acceptors (Lipinski definition) is 3. The van der Waals surface area contributed by atoms with E-state index < -0.39 is 0 Å². The van der Waals surface area contributed by atoms with Gasteiger partial charge < -0.3 is 14.6 Å². The fourth-order valence-corrected chi connectivity index (χ4v) is 8.53. The molecular formula is C32H44O3. The van der Waals surface area contributed by atoms with Gasteiger partial charge in [0, 0.05) is 24.2 Å². The summed E-state index contributed by atoms with van der Waals surface area (Å²) in [5.74, 6) is 1.88. The van der Waals surface area contributed by atoms with Crippen LogP contribution in [-0.4, -0.2) is 30.2 Å². The second-order valence-corrected chi connectivity index (χ2v) is 13.3. The summed E-state index contributed by atoms with van der Waals surface area (Å²) in [4.78, 5) is 0. The molecule has 1 spiro atoms. The molecule has 0 radical (unpaired) electrons. The normalized spacial score (nSPS) is 40.0. The summed E-state index contributed by atoms with van der Waals surface area (Å²) in [6.07, 6.45) is 13.0. The summed E-state index contributed by atoms with van der Waals surface area (Å²) < 4.78 is 12.9. The summed E-state index contributed by atoms with van der Waals surface area (Å²) in [5, 5.41) is 11.1. The van der Waals surface area contributed by atoms with Crippen LogP contribution in [0.2, 0.25) is 0 Å². The van der Waals surface area contributed by atoms with Crippen molar-refractivity contribution in [3.05, 3.63) is 52.6 Å². The second-order valence-electron chi connectivity index (χ2n) is 13.3. The molecule has 3 heteroatoms. The van der Waals surface area contributed by atoms with Gasteiger partial charge in [-0.15, -0.1) is 0 Å². The SMILES string of the molecule is C/C=C/c1ccc([C@H]2CC3(C)C(O)CCC3C3CCC4CC5(CCC4=C32)OCC(C)(C)CO5)cc1. The maximum atomic E-state index is 11.1. The highest BCUT2D eigenvalue weighted by Gasteiger charge is 2.57. The van der Waals surface area contributed by atoms with Crippen molar-refractivity contribution in [1.29, 1.82) is 0 Å². The Balaban J connectivity index is 1.37. The second kappa shape index (κ2) is 8.57. The Morgan fingerprint density at radius 2 is 1.69 bits per heavy atom. The predicted octanol–water partition coefficient (Wildman–Crippen LogP) is 7.26. The Hall–Kier alpha value is -1.42. The van der Waals surface area contributed by atoms with Crippen molar-refractivity contribution in [2.75, 3.05) is 13.2 Å². The number of ether oxygens (including phenoxy) is 2. The molecule has 35 heavy (non-hydrogen) atoms. The van der Waals surface area contributed by atoms with Gasteiger partial charge in [-0.2, -0.15) is 0 Å². The average molecular weight is 477 g/mol. The van der Waals surface area contributed by atoms with E-state index in [1.807, 2.05) is 0 Å². The first-order valence-electron chi connectivity index (χ1n) is 14.2. The number of aliphatic hydroxyl groups is 1. The number of allylic oxidation sites excluding steroid dienone is 3. The minimum absolute atomic E-state index is 0.0330. The third-order valence-corrected chi connectivity index (χ3v) is 10.4. The van der Waals surface area contributed by atoms with Crippen LogP contribution in [0.1, 0.15) is 96.1 Å². The molecule has 5 unspecified atom stereocenters. The number of fused-ring (bicyclic) bond motifs is 4. The van der Waals surface area contributed by atoms with Crippen LogP contribution < -0.4 is 0 Å². The van der Waals surface area contributed by atoms with Crippen LogP contribution >= 0.6 is 0 Å². The molecule has 1 aliphatic heterocycles. The van der Waals surface area contributed by atoms with Crippen molar-refractivity contribution in [1.82, 2.24) is 0 Å². The van der Waals surface area contributed by atoms with Gasteiger partial charge in [-0.3, -0.25) is 0 Å². The predicted molar refractivity (Wildman–Crippen MR) is 141 cm³/mol. The molecule has 0 aromatic heterocycles. The molecule has 1 heterocycles. The van der Waals surface area contributed by atoms with Gasteiger partial charge in [0.25, 0.3) is 0 Å². The molecule has 1 aromatic carbocycles. The topological polar surface area (TPSA) is 38.7 Å². The summed E-state index contributed by atoms with van der Waals surface area (Å²) in [6.45, 7) is 10.5. The molecule has 1 aromatic rings. The third kappa shape index (κ3) is 3.97. The maximum Gasteiger partial charge on any atom is 0.169 e. The molecule has 0 amide bonds. The number of rotatable bonds is 2. The summed E-state index contributed by atoms with van der Waals surface area (Å²) >= 11 is 0. The van der Waals surface area contributed by atoms with Crippen molar-refractivity contribution in [3.8, 4) is 0 Å². The quantitative estimate of drug-likeness (QED) is 0.457. The largest absolute Gasteiger partial charge is 0.393 e. The van der Waals surface area contributed by atoms with E-state index in [9.17, 15) is 5.11 Å². The van der Waals surface area contributed by atoms with E-state index in [-0.39, 0.29) is 22.7 Å². The summed E-state index contributed by atoms with van der Waals surface area (Å²) in [6, 6.07) is 9.27. The molecule has 5 aliphatic rings. The first kappa shape index (κ1) is 23.9. The zero-order chi connectivity index (χ0) is 24.4. The zero-order valence-electron chi connectivity index (χ0n) is 22.2. The van der Waals surface area contributed by atoms with Crippen LogP contribution in [0, 0.1) is 28.6 Å². The molecule has 4 aliphatic carbocycles. The van der Waals surface area contributed by atoms with E-state index in [1.165, 1.54) is 30.4 Å². The van der Waals surface area contributed by atoms with Crippen LogP contribution in [-0.2, 0) is 9.47 Å². The fraction of sp³-hybridized carbons (Fsp3) is 0.688. The highest BCUT2D eigenvalue weighted by Crippen LogP contribution is 2.64. The minimum atomic E-state index is -0.368. The summed E-state index contributed by atoms with van der Waals surface area (Å²) in [7, 11) is 0. The standard InChI is InChI=1S/C32H44O3/c1-5-6-21-7-9-22(10-8-21)26-18-31(4)27(13-14-28(31)33)25-12-11-23-17-32(16-15-24(23)29(25)26)34-19-30(2,3)20-35-32/h5-10,23,25-28,33H,11-20H2,1-4H3/b6-5+/t23?,25?,26-,27?,28?,31?/m1/s1. The average Bonchev–Trinajstić information content (AvgIpc) is 3.15. The Morgan fingerprint density at radius 1 is 0.943 bits per heavy atom. The van der Waals surface area contributed by atoms with E-state index >= 15 is 0 Å². The van der Waals surface area contributed by atoms with Gasteiger partial charge in [0.1, 0.15) is 0 Å². The highest BCUT2D eigenvalue weighted by molar-refractivity contribution is 5.51. The van der Waals surface area contributed by atoms with Crippen molar-refractivity contribution < 1.29 is 14.6 Å². The molecule has 3 saturated carbocycles. The lowest BCUT2D eigenvalue weighted by molar-refractivity contribution is -0.312. The third-order valence-electron chi connectivity index (χ3n) is 10.4. The monoisotopic (exact) mass is 476 g/mol. The van der Waals surface area contributed by atoms with Crippen molar-refractivity contribution in [2.24, 2.45) is 28.6 Å². The molecule has 0 bridgehead atoms. The molecule has 6 atom stereocenters. The van der Waals surface area contributed by atoms with Gasteiger partial charge in [0.15, 0.2) is 5.79 Å². The lowest BCUT2D eigenvalue weighted by Gasteiger charge is -2.55. The molecule has 4 fully saturated rings. The fourth-order valence-electron chi connectivity index (χ4n) is 8.53. The Kier molecular flexibility index (Phi) is 5.86. The van der Waals surface area contributed by atoms with Crippen LogP contribution in [0.25, 0.3) is 6.08 Å². The Labute approximate surface area is 212 Å². The zero-order valence-corrected chi connectivity index (χ0v) is 22.2. The van der Waals surface area contributed by atoms with Gasteiger partial charge in [-0.05, 0) is 79.7 Å². The molecule has 1 saturated heterocycles. The van der Waals surface area contributed by atoms with Crippen LogP contribution in [0.15, 0.2) is 41.5 Å². The van der Waals surface area contributed by atoms with E-state index in [1.54, 1.807) is 11.1 Å². The highest BCUT2D eigenvalue weighted by atomic mass is 16.7. The van der Waals surface area contributed by atoms with Crippen molar-refractivity contribution in [3.63, 3.8) is 0 Å². The number of benzene rings is 1. The van der Waals surface area contributed by atoms with Gasteiger partial charge >= 0.3 is 0 Å². The van der Waals surface area contributed by atoms with Crippen LogP contribution in [0.3, 0.4) is 0 Å². The van der Waals surface area contributed by atoms with Gasteiger partial charge in [-0.25, -0.2) is 0 Å². The Morgan fingerprint density at radius 3 is 2.40 bits per heavy atom. The van der Waals surface area contributed by atoms with Crippen LogP contribution in [0.5, 0.6) is 0 Å². The van der Waals surface area contributed by atoms with E-state index in [0.29, 0.717) is 23.7 Å². The molecule has 1 N–H and O–H groups in total. The van der Waals surface area contributed by atoms with E-state index in [4.69, 9.17) is 9.47 Å². The summed E-state index contributed by atoms with van der Waals surface area (Å²) in [5.41, 5.74) is 6.34. The molecule has 6 rings (SSSR count). The van der Waals surface area contributed by atoms with Gasteiger partial charge in [-0.1, -0.05) is 68.3 Å². The first-order chi connectivity index (χ1) is 16.7. The van der Waals surface area contributed by atoms with Crippen molar-refractivity contribution >= 4 is 6.08 Å². The first-order valence-corrected chi connectivity index (χ1v) is 14.2. The number of aliphatic hydroxyl groups excluding tert-OH is 1. The smallest absolute Gasteiger partial charge is 0.169 e.